The van der Waals surface area contributed by atoms with Crippen LogP contribution in [-0.2, 0) is 16.4 Å². The van der Waals surface area contributed by atoms with Gasteiger partial charge < -0.3 is 4.90 Å². The minimum absolute atomic E-state index is 0.212. The molecular formula is C20H30N2O2S. The fraction of sp³-hybridized carbons (Fsp3) is 0.600. The van der Waals surface area contributed by atoms with Crippen LogP contribution in [0.4, 0.5) is 0 Å². The molecule has 1 aliphatic carbocycles. The topological polar surface area (TPSA) is 40.6 Å². The first-order valence-corrected chi connectivity index (χ1v) is 11.2. The number of hydrogen-bond acceptors (Lipinski definition) is 3. The van der Waals surface area contributed by atoms with Crippen molar-refractivity contribution >= 4 is 10.0 Å². The molecule has 0 amide bonds. The van der Waals surface area contributed by atoms with Crippen LogP contribution in [0.25, 0.3) is 0 Å². The van der Waals surface area contributed by atoms with Gasteiger partial charge >= 0.3 is 0 Å². The number of allylic oxidation sites excluding steroid dienone is 1. The van der Waals surface area contributed by atoms with E-state index in [9.17, 15) is 8.42 Å². The van der Waals surface area contributed by atoms with Crippen molar-refractivity contribution in [3.05, 3.63) is 47.5 Å². The summed E-state index contributed by atoms with van der Waals surface area (Å²) in [5.74, 6) is 0.212. The summed E-state index contributed by atoms with van der Waals surface area (Å²) in [7, 11) is -3.15. The van der Waals surface area contributed by atoms with Crippen LogP contribution in [0.5, 0.6) is 0 Å². The van der Waals surface area contributed by atoms with Gasteiger partial charge in [0, 0.05) is 32.7 Å². The van der Waals surface area contributed by atoms with E-state index in [1.807, 2.05) is 30.3 Å². The van der Waals surface area contributed by atoms with Gasteiger partial charge in [0.15, 0.2) is 0 Å². The van der Waals surface area contributed by atoms with E-state index in [2.05, 4.69) is 11.0 Å². The van der Waals surface area contributed by atoms with Crippen molar-refractivity contribution in [2.75, 3.05) is 38.5 Å². The molecule has 5 heteroatoms. The van der Waals surface area contributed by atoms with Crippen LogP contribution in [0.15, 0.2) is 42.0 Å². The molecule has 1 fully saturated rings. The SMILES string of the molecule is O=S(=O)(CCc1ccccc1)N1CCN(CCC2=CCCCC2)CC1. The maximum Gasteiger partial charge on any atom is 0.214 e. The monoisotopic (exact) mass is 362 g/mol. The Bertz CT molecular complexity index is 662. The lowest BCUT2D eigenvalue weighted by Gasteiger charge is -2.34. The van der Waals surface area contributed by atoms with Gasteiger partial charge in [-0.05, 0) is 44.1 Å². The summed E-state index contributed by atoms with van der Waals surface area (Å²) in [4.78, 5) is 2.42. The van der Waals surface area contributed by atoms with Crippen LogP contribution in [0, 0.1) is 0 Å². The van der Waals surface area contributed by atoms with E-state index >= 15 is 0 Å². The Labute approximate surface area is 152 Å². The molecule has 1 aliphatic heterocycles. The minimum Gasteiger partial charge on any atom is -0.300 e. The largest absolute Gasteiger partial charge is 0.300 e. The van der Waals surface area contributed by atoms with E-state index < -0.39 is 10.0 Å². The summed E-state index contributed by atoms with van der Waals surface area (Å²) in [5.41, 5.74) is 2.69. The van der Waals surface area contributed by atoms with Crippen LogP contribution in [0.3, 0.4) is 0 Å². The number of piperazine rings is 1. The summed E-state index contributed by atoms with van der Waals surface area (Å²) < 4.78 is 26.8. The van der Waals surface area contributed by atoms with Gasteiger partial charge in [0.05, 0.1) is 5.75 Å². The molecule has 0 aromatic heterocycles. The highest BCUT2D eigenvalue weighted by atomic mass is 32.2. The van der Waals surface area contributed by atoms with Crippen LogP contribution in [-0.4, -0.2) is 56.1 Å². The first kappa shape index (κ1) is 18.6. The quantitative estimate of drug-likeness (QED) is 0.700. The molecule has 2 aliphatic rings. The van der Waals surface area contributed by atoms with Gasteiger partial charge in [-0.1, -0.05) is 42.0 Å². The summed E-state index contributed by atoms with van der Waals surface area (Å²) in [5, 5.41) is 0. The fourth-order valence-corrected chi connectivity index (χ4v) is 5.16. The average molecular weight is 363 g/mol. The molecule has 0 radical (unpaired) electrons. The molecule has 0 bridgehead atoms. The van der Waals surface area contributed by atoms with Crippen molar-refractivity contribution in [2.24, 2.45) is 0 Å². The molecule has 1 aromatic carbocycles. The summed E-state index contributed by atoms with van der Waals surface area (Å²) in [6.45, 7) is 4.06. The van der Waals surface area contributed by atoms with Crippen LogP contribution in [0.2, 0.25) is 0 Å². The molecule has 4 nitrogen and oxygen atoms in total. The molecule has 138 valence electrons. The van der Waals surface area contributed by atoms with Crippen LogP contribution in [0.1, 0.15) is 37.7 Å². The third kappa shape index (κ3) is 5.66. The molecule has 0 spiro atoms. The zero-order valence-corrected chi connectivity index (χ0v) is 15.9. The zero-order valence-electron chi connectivity index (χ0n) is 15.1. The first-order valence-electron chi connectivity index (χ1n) is 9.55. The predicted molar refractivity (Wildman–Crippen MR) is 103 cm³/mol. The standard InChI is InChI=1S/C20H30N2O2S/c23-25(24,18-12-20-9-5-2-6-10-20)22-16-14-21(15-17-22)13-11-19-7-3-1-4-8-19/h2,5-7,9-10H,1,3-4,8,11-18H2. The van der Waals surface area contributed by atoms with Gasteiger partial charge in [0.1, 0.15) is 0 Å². The first-order chi connectivity index (χ1) is 12.1. The van der Waals surface area contributed by atoms with Gasteiger partial charge in [-0.25, -0.2) is 8.42 Å². The second-order valence-electron chi connectivity index (χ2n) is 7.15. The predicted octanol–water partition coefficient (Wildman–Crippen LogP) is 3.07. The highest BCUT2D eigenvalue weighted by Crippen LogP contribution is 2.20. The van der Waals surface area contributed by atoms with Gasteiger partial charge in [0.25, 0.3) is 0 Å². The summed E-state index contributed by atoms with van der Waals surface area (Å²) in [6.07, 6.45) is 9.32. The lowest BCUT2D eigenvalue weighted by molar-refractivity contribution is 0.189. The normalized spacial score (nSPS) is 20.4. The van der Waals surface area contributed by atoms with Gasteiger partial charge in [0.2, 0.25) is 10.0 Å². The highest BCUT2D eigenvalue weighted by Gasteiger charge is 2.26. The lowest BCUT2D eigenvalue weighted by atomic mass is 9.97. The maximum absolute atomic E-state index is 12.6. The van der Waals surface area contributed by atoms with E-state index in [0.29, 0.717) is 19.5 Å². The maximum atomic E-state index is 12.6. The molecule has 25 heavy (non-hydrogen) atoms. The molecule has 0 unspecified atom stereocenters. The van der Waals surface area contributed by atoms with E-state index in [1.165, 1.54) is 25.7 Å². The third-order valence-corrected chi connectivity index (χ3v) is 7.22. The Kier molecular flexibility index (Phi) is 6.68. The Balaban J connectivity index is 1.42. The van der Waals surface area contributed by atoms with Crippen molar-refractivity contribution < 1.29 is 8.42 Å². The Hall–Kier alpha value is -1.17. The number of sulfonamides is 1. The van der Waals surface area contributed by atoms with Crippen molar-refractivity contribution in [2.45, 2.75) is 38.5 Å². The summed E-state index contributed by atoms with van der Waals surface area (Å²) in [6, 6.07) is 9.87. The molecular weight excluding hydrogens is 332 g/mol. The third-order valence-electron chi connectivity index (χ3n) is 5.35. The molecule has 0 atom stereocenters. The molecule has 3 rings (SSSR count). The second kappa shape index (κ2) is 8.97. The minimum atomic E-state index is -3.15. The van der Waals surface area contributed by atoms with E-state index in [4.69, 9.17) is 0 Å². The lowest BCUT2D eigenvalue weighted by Crippen LogP contribution is -2.49. The van der Waals surface area contributed by atoms with E-state index in [-0.39, 0.29) is 5.75 Å². The average Bonchev–Trinajstić information content (AvgIpc) is 2.67. The van der Waals surface area contributed by atoms with Crippen molar-refractivity contribution in [3.63, 3.8) is 0 Å². The van der Waals surface area contributed by atoms with E-state index in [1.54, 1.807) is 9.88 Å². The van der Waals surface area contributed by atoms with E-state index in [0.717, 1.165) is 31.6 Å². The Morgan fingerprint density at radius 1 is 0.920 bits per heavy atom. The number of aryl methyl sites for hydroxylation is 1. The zero-order chi connectivity index (χ0) is 17.5. The molecule has 1 heterocycles. The smallest absolute Gasteiger partial charge is 0.214 e. The van der Waals surface area contributed by atoms with Gasteiger partial charge in [-0.3, -0.25) is 0 Å². The molecule has 1 aromatic rings. The van der Waals surface area contributed by atoms with Gasteiger partial charge in [-0.15, -0.1) is 0 Å². The number of nitrogens with zero attached hydrogens (tertiary/aromatic N) is 2. The highest BCUT2D eigenvalue weighted by molar-refractivity contribution is 7.89. The van der Waals surface area contributed by atoms with Crippen LogP contribution < -0.4 is 0 Å². The fourth-order valence-electron chi connectivity index (χ4n) is 3.69. The number of benzene rings is 1. The van der Waals surface area contributed by atoms with Crippen LogP contribution >= 0.6 is 0 Å². The van der Waals surface area contributed by atoms with Gasteiger partial charge in [-0.2, -0.15) is 4.31 Å². The van der Waals surface area contributed by atoms with Crippen molar-refractivity contribution in [1.82, 2.24) is 9.21 Å². The molecule has 0 saturated carbocycles. The number of rotatable bonds is 7. The number of hydrogen-bond donors (Lipinski definition) is 0. The Morgan fingerprint density at radius 3 is 2.36 bits per heavy atom. The van der Waals surface area contributed by atoms with Crippen molar-refractivity contribution in [3.8, 4) is 0 Å². The molecule has 1 saturated heterocycles. The second-order valence-corrected chi connectivity index (χ2v) is 9.24. The molecule has 0 N–H and O–H groups in total. The summed E-state index contributed by atoms with van der Waals surface area (Å²) >= 11 is 0. The van der Waals surface area contributed by atoms with Crippen molar-refractivity contribution in [1.29, 1.82) is 0 Å². The Morgan fingerprint density at radius 2 is 1.68 bits per heavy atom.